The number of pyridine rings is 1. The zero-order valence-corrected chi connectivity index (χ0v) is 16.8. The number of nitrogens with one attached hydrogen (secondary N) is 1. The summed E-state index contributed by atoms with van der Waals surface area (Å²) < 4.78 is 10.6. The van der Waals surface area contributed by atoms with Crippen LogP contribution in [0.25, 0.3) is 0 Å². The third-order valence-corrected chi connectivity index (χ3v) is 5.23. The molecule has 3 rings (SSSR count). The second kappa shape index (κ2) is 10.0. The summed E-state index contributed by atoms with van der Waals surface area (Å²) in [6.07, 6.45) is 4.25. The van der Waals surface area contributed by atoms with Gasteiger partial charge in [-0.25, -0.2) is 0 Å². The largest absolute Gasteiger partial charge is 0.497 e. The molecule has 1 aliphatic rings. The molecule has 0 spiro atoms. The number of methoxy groups -OCH3 is 2. The number of nitrogens with zero attached hydrogens (tertiary/aromatic N) is 2. The van der Waals surface area contributed by atoms with E-state index in [1.807, 2.05) is 36.4 Å². The van der Waals surface area contributed by atoms with Crippen LogP contribution in [0.1, 0.15) is 30.0 Å². The Bertz CT molecular complexity index is 828. The number of rotatable bonds is 8. The first-order valence-corrected chi connectivity index (χ1v) is 9.73. The zero-order chi connectivity index (χ0) is 20.6. The average Bonchev–Trinajstić information content (AvgIpc) is 2.77. The van der Waals surface area contributed by atoms with Crippen molar-refractivity contribution in [1.82, 2.24) is 15.2 Å². The fraction of sp³-hybridized carbons (Fsp3) is 0.409. The number of aromatic nitrogens is 1. The van der Waals surface area contributed by atoms with Crippen molar-refractivity contribution in [3.63, 3.8) is 0 Å². The fourth-order valence-electron chi connectivity index (χ4n) is 3.74. The lowest BCUT2D eigenvalue weighted by Gasteiger charge is -2.41. The van der Waals surface area contributed by atoms with Gasteiger partial charge in [-0.3, -0.25) is 14.6 Å². The lowest BCUT2D eigenvalue weighted by Crippen LogP contribution is -2.49. The van der Waals surface area contributed by atoms with Crippen LogP contribution in [-0.4, -0.2) is 49.1 Å². The highest BCUT2D eigenvalue weighted by Crippen LogP contribution is 2.38. The Kier molecular flexibility index (Phi) is 7.19. The maximum absolute atomic E-state index is 13.1. The first-order chi connectivity index (χ1) is 14.1. The number of hydrogen-bond acceptors (Lipinski definition) is 5. The number of amides is 2. The third kappa shape index (κ3) is 5.12. The van der Waals surface area contributed by atoms with Crippen LogP contribution >= 0.6 is 0 Å². The molecule has 154 valence electrons. The summed E-state index contributed by atoms with van der Waals surface area (Å²) in [5.74, 6) is 0.319. The smallest absolute Gasteiger partial charge is 0.225 e. The predicted octanol–water partition coefficient (Wildman–Crippen LogP) is 2.33. The summed E-state index contributed by atoms with van der Waals surface area (Å²) in [4.78, 5) is 31.6. The van der Waals surface area contributed by atoms with Gasteiger partial charge in [-0.2, -0.15) is 0 Å². The SMILES string of the molecule is COCCN1C(=O)CC[C@@H](C(=O)NCc2ccncc2)[C@@H]1c1cccc(OC)c1. The van der Waals surface area contributed by atoms with E-state index in [4.69, 9.17) is 9.47 Å². The highest BCUT2D eigenvalue weighted by atomic mass is 16.5. The number of likely N-dealkylation sites (tertiary alicyclic amines) is 1. The summed E-state index contributed by atoms with van der Waals surface area (Å²) in [6.45, 7) is 1.28. The Hall–Kier alpha value is -2.93. The molecule has 0 unspecified atom stereocenters. The minimum Gasteiger partial charge on any atom is -0.497 e. The van der Waals surface area contributed by atoms with Crippen LogP contribution < -0.4 is 10.1 Å². The zero-order valence-electron chi connectivity index (χ0n) is 16.8. The van der Waals surface area contributed by atoms with Gasteiger partial charge in [-0.15, -0.1) is 0 Å². The van der Waals surface area contributed by atoms with Gasteiger partial charge in [0, 0.05) is 39.0 Å². The average molecular weight is 397 g/mol. The van der Waals surface area contributed by atoms with Crippen molar-refractivity contribution in [2.24, 2.45) is 5.92 Å². The molecule has 2 amide bonds. The predicted molar refractivity (Wildman–Crippen MR) is 108 cm³/mol. The van der Waals surface area contributed by atoms with Gasteiger partial charge in [0.1, 0.15) is 5.75 Å². The summed E-state index contributed by atoms with van der Waals surface area (Å²) in [5, 5.41) is 3.02. The van der Waals surface area contributed by atoms with Gasteiger partial charge in [0.25, 0.3) is 0 Å². The van der Waals surface area contributed by atoms with Crippen molar-refractivity contribution < 1.29 is 19.1 Å². The summed E-state index contributed by atoms with van der Waals surface area (Å²) >= 11 is 0. The summed E-state index contributed by atoms with van der Waals surface area (Å²) in [7, 11) is 3.21. The van der Waals surface area contributed by atoms with E-state index in [-0.39, 0.29) is 23.8 Å². The second-order valence-electron chi connectivity index (χ2n) is 7.02. The molecule has 1 aromatic heterocycles. The fourth-order valence-corrected chi connectivity index (χ4v) is 3.74. The van der Waals surface area contributed by atoms with Crippen LogP contribution in [0.15, 0.2) is 48.8 Å². The van der Waals surface area contributed by atoms with Gasteiger partial charge in [0.15, 0.2) is 0 Å². The Morgan fingerprint density at radius 1 is 1.24 bits per heavy atom. The van der Waals surface area contributed by atoms with Crippen LogP contribution in [0.4, 0.5) is 0 Å². The normalized spacial score (nSPS) is 19.1. The van der Waals surface area contributed by atoms with Crippen molar-refractivity contribution in [3.8, 4) is 5.75 Å². The molecule has 29 heavy (non-hydrogen) atoms. The van der Waals surface area contributed by atoms with Crippen molar-refractivity contribution in [3.05, 3.63) is 59.9 Å². The maximum Gasteiger partial charge on any atom is 0.225 e. The Balaban J connectivity index is 1.85. The van der Waals surface area contributed by atoms with E-state index in [9.17, 15) is 9.59 Å². The molecule has 1 saturated heterocycles. The molecule has 1 fully saturated rings. The Morgan fingerprint density at radius 3 is 2.76 bits per heavy atom. The standard InChI is InChI=1S/C22H27N3O4/c1-28-13-12-25-20(26)7-6-19(21(25)17-4-3-5-18(14-17)29-2)22(27)24-15-16-8-10-23-11-9-16/h3-5,8-11,14,19,21H,6-7,12-13,15H2,1-2H3,(H,24,27)/t19-,21+/m1/s1. The van der Waals surface area contributed by atoms with Crippen molar-refractivity contribution in [2.75, 3.05) is 27.4 Å². The second-order valence-corrected chi connectivity index (χ2v) is 7.02. The number of carbonyl (C=O) groups excluding carboxylic acids is 2. The van der Waals surface area contributed by atoms with Gasteiger partial charge in [-0.05, 0) is 41.8 Å². The van der Waals surface area contributed by atoms with E-state index in [0.717, 1.165) is 11.1 Å². The number of hydrogen-bond donors (Lipinski definition) is 1. The van der Waals surface area contributed by atoms with E-state index in [2.05, 4.69) is 10.3 Å². The highest BCUT2D eigenvalue weighted by molar-refractivity contribution is 5.85. The third-order valence-electron chi connectivity index (χ3n) is 5.23. The van der Waals surface area contributed by atoms with E-state index in [1.165, 1.54) is 0 Å². The topological polar surface area (TPSA) is 80.8 Å². The molecule has 7 heteroatoms. The number of ether oxygens (including phenoxy) is 2. The molecule has 2 aromatic rings. The molecular weight excluding hydrogens is 370 g/mol. The van der Waals surface area contributed by atoms with Crippen molar-refractivity contribution >= 4 is 11.8 Å². The minimum atomic E-state index is -0.362. The molecule has 1 aliphatic heterocycles. The van der Waals surface area contributed by atoms with E-state index in [1.54, 1.807) is 31.5 Å². The number of carbonyl (C=O) groups is 2. The molecule has 7 nitrogen and oxygen atoms in total. The lowest BCUT2D eigenvalue weighted by atomic mass is 9.83. The van der Waals surface area contributed by atoms with Gasteiger partial charge in [-0.1, -0.05) is 12.1 Å². The molecule has 1 N–H and O–H groups in total. The molecule has 0 bridgehead atoms. The van der Waals surface area contributed by atoms with Crippen LogP contribution in [-0.2, 0) is 20.9 Å². The lowest BCUT2D eigenvalue weighted by molar-refractivity contribution is -0.144. The molecule has 0 aliphatic carbocycles. The van der Waals surface area contributed by atoms with Gasteiger partial charge in [0.05, 0.1) is 25.7 Å². The van der Waals surface area contributed by atoms with Crippen molar-refractivity contribution in [1.29, 1.82) is 0 Å². The molecule has 0 radical (unpaired) electrons. The van der Waals surface area contributed by atoms with E-state index in [0.29, 0.717) is 38.3 Å². The summed E-state index contributed by atoms with van der Waals surface area (Å²) in [6, 6.07) is 10.9. The highest BCUT2D eigenvalue weighted by Gasteiger charge is 2.40. The first-order valence-electron chi connectivity index (χ1n) is 9.73. The Labute approximate surface area is 171 Å². The minimum absolute atomic E-state index is 0.0352. The van der Waals surface area contributed by atoms with Gasteiger partial charge >= 0.3 is 0 Å². The Morgan fingerprint density at radius 2 is 2.03 bits per heavy atom. The molecule has 2 heterocycles. The van der Waals surface area contributed by atoms with Gasteiger partial charge < -0.3 is 19.7 Å². The number of piperidine rings is 1. The quantitative estimate of drug-likeness (QED) is 0.739. The van der Waals surface area contributed by atoms with Crippen LogP contribution in [0.2, 0.25) is 0 Å². The van der Waals surface area contributed by atoms with E-state index >= 15 is 0 Å². The first kappa shape index (κ1) is 20.8. The van der Waals surface area contributed by atoms with Crippen LogP contribution in [0, 0.1) is 5.92 Å². The molecule has 2 atom stereocenters. The molecule has 1 aromatic carbocycles. The summed E-state index contributed by atoms with van der Waals surface area (Å²) in [5.41, 5.74) is 1.87. The number of benzene rings is 1. The van der Waals surface area contributed by atoms with E-state index < -0.39 is 0 Å². The van der Waals surface area contributed by atoms with Crippen LogP contribution in [0.5, 0.6) is 5.75 Å². The monoisotopic (exact) mass is 397 g/mol. The van der Waals surface area contributed by atoms with Gasteiger partial charge in [0.2, 0.25) is 11.8 Å². The maximum atomic E-state index is 13.1. The van der Waals surface area contributed by atoms with Crippen LogP contribution in [0.3, 0.4) is 0 Å². The molecular formula is C22H27N3O4. The van der Waals surface area contributed by atoms with Crippen molar-refractivity contribution in [2.45, 2.75) is 25.4 Å². The molecule has 0 saturated carbocycles.